The summed E-state index contributed by atoms with van der Waals surface area (Å²) >= 11 is 7.92. The van der Waals surface area contributed by atoms with E-state index in [1.807, 2.05) is 48.5 Å². The van der Waals surface area contributed by atoms with Crippen molar-refractivity contribution in [3.8, 4) is 0 Å². The number of fused-ring (bicyclic) bond motifs is 2. The monoisotopic (exact) mass is 452 g/mol. The Labute approximate surface area is 190 Å². The highest BCUT2D eigenvalue weighted by atomic mass is 35.5. The Hall–Kier alpha value is -2.70. The summed E-state index contributed by atoms with van der Waals surface area (Å²) in [5.41, 5.74) is 2.48. The number of amides is 2. The normalized spacial score (nSPS) is 21.7. The van der Waals surface area contributed by atoms with E-state index in [0.717, 1.165) is 16.8 Å². The molecule has 5 rings (SSSR count). The van der Waals surface area contributed by atoms with Gasteiger partial charge >= 0.3 is 0 Å². The fraction of sp³-hybridized carbons (Fsp3) is 0.250. The van der Waals surface area contributed by atoms with Crippen molar-refractivity contribution in [2.45, 2.75) is 30.0 Å². The van der Waals surface area contributed by atoms with Crippen LogP contribution in [-0.4, -0.2) is 28.0 Å². The van der Waals surface area contributed by atoms with E-state index in [-0.39, 0.29) is 22.3 Å². The van der Waals surface area contributed by atoms with Gasteiger partial charge in [-0.15, -0.1) is 11.8 Å². The molecule has 1 fully saturated rings. The molecule has 0 N–H and O–H groups in total. The number of anilines is 1. The summed E-state index contributed by atoms with van der Waals surface area (Å²) in [6.07, 6.45) is 1.47. The molecule has 0 bridgehead atoms. The maximum absolute atomic E-state index is 14.1. The molecule has 158 valence electrons. The summed E-state index contributed by atoms with van der Waals surface area (Å²) in [5, 5.41) is 0.608. The quantitative estimate of drug-likeness (QED) is 0.541. The van der Waals surface area contributed by atoms with Gasteiger partial charge in [-0.05, 0) is 43.7 Å². The van der Waals surface area contributed by atoms with Crippen molar-refractivity contribution in [1.29, 1.82) is 0 Å². The molecule has 2 aliphatic rings. The number of hydrogen-bond acceptors (Lipinski definition) is 4. The Morgan fingerprint density at radius 3 is 2.58 bits per heavy atom. The van der Waals surface area contributed by atoms with Gasteiger partial charge in [-0.2, -0.15) is 0 Å². The van der Waals surface area contributed by atoms with Gasteiger partial charge in [-0.3, -0.25) is 9.59 Å². The predicted octanol–water partition coefficient (Wildman–Crippen LogP) is 5.30. The number of furan rings is 1. The van der Waals surface area contributed by atoms with Crippen LogP contribution in [-0.2, 0) is 16.2 Å². The molecular formula is C24H21ClN2O3S. The topological polar surface area (TPSA) is 53.8 Å². The van der Waals surface area contributed by atoms with E-state index < -0.39 is 4.87 Å². The van der Waals surface area contributed by atoms with Crippen LogP contribution < -0.4 is 4.90 Å². The fourth-order valence-electron chi connectivity index (χ4n) is 4.44. The average molecular weight is 453 g/mol. The van der Waals surface area contributed by atoms with Crippen LogP contribution in [0.2, 0.25) is 5.02 Å². The molecule has 1 unspecified atom stereocenters. The van der Waals surface area contributed by atoms with Gasteiger partial charge in [0.2, 0.25) is 0 Å². The van der Waals surface area contributed by atoms with Gasteiger partial charge in [0, 0.05) is 21.9 Å². The third-order valence-corrected chi connectivity index (χ3v) is 7.66. The third kappa shape index (κ3) is 3.08. The van der Waals surface area contributed by atoms with Crippen LogP contribution in [0.15, 0.2) is 71.3 Å². The van der Waals surface area contributed by atoms with Gasteiger partial charge in [0.25, 0.3) is 11.8 Å². The van der Waals surface area contributed by atoms with Crippen molar-refractivity contribution in [2.24, 2.45) is 0 Å². The van der Waals surface area contributed by atoms with Crippen LogP contribution in [0.1, 0.15) is 35.5 Å². The SMILES string of the molecule is CC1(C)CN(C(=O)c2ccco2)C2(S1)C(=O)N(Cc1ccccc1Cl)c1ccccc12. The highest BCUT2D eigenvalue weighted by molar-refractivity contribution is 8.02. The summed E-state index contributed by atoms with van der Waals surface area (Å²) in [6, 6.07) is 18.5. The first kappa shape index (κ1) is 20.2. The van der Waals surface area contributed by atoms with Gasteiger partial charge in [0.1, 0.15) is 0 Å². The maximum Gasteiger partial charge on any atom is 0.291 e. The number of nitrogens with zero attached hydrogens (tertiary/aromatic N) is 2. The maximum atomic E-state index is 14.1. The summed E-state index contributed by atoms with van der Waals surface area (Å²) in [4.78, 5) is 29.8. The highest BCUT2D eigenvalue weighted by Crippen LogP contribution is 2.60. The first-order valence-corrected chi connectivity index (χ1v) is 11.2. The lowest BCUT2D eigenvalue weighted by Crippen LogP contribution is -2.50. The number of para-hydroxylation sites is 1. The number of benzene rings is 2. The lowest BCUT2D eigenvalue weighted by Gasteiger charge is -2.32. The number of rotatable bonds is 3. The second kappa shape index (κ2) is 7.18. The Kier molecular flexibility index (Phi) is 4.68. The number of carbonyl (C=O) groups excluding carboxylic acids is 2. The molecule has 31 heavy (non-hydrogen) atoms. The van der Waals surface area contributed by atoms with E-state index in [1.54, 1.807) is 21.9 Å². The smallest absolute Gasteiger partial charge is 0.291 e. The van der Waals surface area contributed by atoms with Gasteiger partial charge in [0.05, 0.1) is 18.5 Å². The number of thioether (sulfide) groups is 1. The van der Waals surface area contributed by atoms with E-state index in [9.17, 15) is 9.59 Å². The molecule has 2 amide bonds. The Balaban J connectivity index is 1.64. The molecule has 0 saturated carbocycles. The van der Waals surface area contributed by atoms with Crippen LogP contribution in [0, 0.1) is 0 Å². The van der Waals surface area contributed by atoms with Crippen LogP contribution in [0.5, 0.6) is 0 Å². The molecule has 1 spiro atoms. The van der Waals surface area contributed by atoms with Crippen molar-refractivity contribution in [3.05, 3.63) is 88.8 Å². The standard InChI is InChI=1S/C24H21ClN2O3S/c1-23(2)15-27(21(28)20-12-7-13-30-20)24(31-23)17-9-4-6-11-19(17)26(22(24)29)14-16-8-3-5-10-18(16)25/h3-13H,14-15H2,1-2H3. The molecule has 7 heteroatoms. The van der Waals surface area contributed by atoms with E-state index in [1.165, 1.54) is 18.0 Å². The summed E-state index contributed by atoms with van der Waals surface area (Å²) in [6.45, 7) is 4.88. The molecule has 3 aromatic rings. The van der Waals surface area contributed by atoms with Crippen molar-refractivity contribution in [3.63, 3.8) is 0 Å². The Morgan fingerprint density at radius 2 is 1.84 bits per heavy atom. The molecule has 1 atom stereocenters. The minimum Gasteiger partial charge on any atom is -0.459 e. The predicted molar refractivity (Wildman–Crippen MR) is 122 cm³/mol. The fourth-order valence-corrected chi connectivity index (χ4v) is 6.37. The summed E-state index contributed by atoms with van der Waals surface area (Å²) in [7, 11) is 0. The van der Waals surface area contributed by atoms with Crippen LogP contribution in [0.3, 0.4) is 0 Å². The molecular weight excluding hydrogens is 432 g/mol. The average Bonchev–Trinajstić information content (AvgIpc) is 3.43. The van der Waals surface area contributed by atoms with E-state index in [4.69, 9.17) is 16.0 Å². The van der Waals surface area contributed by atoms with Crippen LogP contribution in [0.25, 0.3) is 0 Å². The largest absolute Gasteiger partial charge is 0.459 e. The second-order valence-electron chi connectivity index (χ2n) is 8.37. The Morgan fingerprint density at radius 1 is 1.10 bits per heavy atom. The molecule has 2 aromatic carbocycles. The van der Waals surface area contributed by atoms with Crippen LogP contribution >= 0.6 is 23.4 Å². The van der Waals surface area contributed by atoms with Gasteiger partial charge in [-0.1, -0.05) is 48.0 Å². The van der Waals surface area contributed by atoms with Crippen molar-refractivity contribution < 1.29 is 14.0 Å². The minimum atomic E-state index is -1.15. The summed E-state index contributed by atoms with van der Waals surface area (Å²) in [5.74, 6) is -0.192. The number of halogens is 1. The molecule has 2 aliphatic heterocycles. The van der Waals surface area contributed by atoms with E-state index in [2.05, 4.69) is 13.8 Å². The van der Waals surface area contributed by atoms with Crippen LogP contribution in [0.4, 0.5) is 5.69 Å². The zero-order valence-corrected chi connectivity index (χ0v) is 18.7. The third-order valence-electron chi connectivity index (χ3n) is 5.70. The first-order valence-electron chi connectivity index (χ1n) is 10.0. The van der Waals surface area contributed by atoms with Crippen molar-refractivity contribution in [2.75, 3.05) is 11.4 Å². The molecule has 3 heterocycles. The molecule has 1 aromatic heterocycles. The van der Waals surface area contributed by atoms with E-state index in [0.29, 0.717) is 18.1 Å². The van der Waals surface area contributed by atoms with Crippen molar-refractivity contribution in [1.82, 2.24) is 4.90 Å². The lowest BCUT2D eigenvalue weighted by molar-refractivity contribution is -0.123. The number of hydrogen-bond donors (Lipinski definition) is 0. The first-order chi connectivity index (χ1) is 14.8. The Bertz CT molecular complexity index is 1180. The second-order valence-corrected chi connectivity index (χ2v) is 10.7. The zero-order valence-electron chi connectivity index (χ0n) is 17.2. The minimum absolute atomic E-state index is 0.135. The van der Waals surface area contributed by atoms with Gasteiger partial charge < -0.3 is 14.2 Å². The molecule has 0 aliphatic carbocycles. The zero-order chi connectivity index (χ0) is 21.8. The van der Waals surface area contributed by atoms with Crippen molar-refractivity contribution >= 4 is 40.9 Å². The molecule has 0 radical (unpaired) electrons. The lowest BCUT2D eigenvalue weighted by atomic mass is 10.0. The highest BCUT2D eigenvalue weighted by Gasteiger charge is 2.63. The van der Waals surface area contributed by atoms with E-state index >= 15 is 0 Å². The number of carbonyl (C=O) groups is 2. The summed E-state index contributed by atoms with van der Waals surface area (Å²) < 4.78 is 5.08. The van der Waals surface area contributed by atoms with Gasteiger partial charge in [-0.25, -0.2) is 0 Å². The molecule has 1 saturated heterocycles. The molecule has 5 nitrogen and oxygen atoms in total. The van der Waals surface area contributed by atoms with Gasteiger partial charge in [0.15, 0.2) is 10.6 Å².